The van der Waals surface area contributed by atoms with Crippen LogP contribution in [0.1, 0.15) is 28.4 Å². The normalized spacial score (nSPS) is 11.2. The van der Waals surface area contributed by atoms with E-state index in [1.54, 1.807) is 25.1 Å². The van der Waals surface area contributed by atoms with Gasteiger partial charge in [0.2, 0.25) is 5.13 Å². The number of amides is 1. The fraction of sp³-hybridized carbons (Fsp3) is 0.286. The zero-order valence-electron chi connectivity index (χ0n) is 18.4. The summed E-state index contributed by atoms with van der Waals surface area (Å²) in [4.78, 5) is 12.6. The number of sulfonamides is 1. The molecule has 0 aliphatic heterocycles. The molecule has 3 aromatic rings. The fourth-order valence-corrected chi connectivity index (χ4v) is 5.70. The topological polar surface area (TPSA) is 111 Å². The number of hydrogen-bond acceptors (Lipinski definition) is 8. The molecule has 0 bridgehead atoms. The summed E-state index contributed by atoms with van der Waals surface area (Å²) in [6.45, 7) is 5.77. The van der Waals surface area contributed by atoms with Crippen LogP contribution in [0.2, 0.25) is 0 Å². The van der Waals surface area contributed by atoms with Crippen LogP contribution in [0.4, 0.5) is 10.8 Å². The first kappa shape index (κ1) is 23.5. The summed E-state index contributed by atoms with van der Waals surface area (Å²) in [5.74, 6) is 0.403. The number of anilines is 2. The first-order chi connectivity index (χ1) is 15.2. The van der Waals surface area contributed by atoms with Crippen molar-refractivity contribution < 1.29 is 22.7 Å². The van der Waals surface area contributed by atoms with Gasteiger partial charge in [0.05, 0.1) is 19.9 Å². The number of benzene rings is 2. The van der Waals surface area contributed by atoms with Crippen molar-refractivity contribution in [3.05, 3.63) is 53.1 Å². The van der Waals surface area contributed by atoms with E-state index in [0.717, 1.165) is 22.5 Å². The van der Waals surface area contributed by atoms with E-state index in [4.69, 9.17) is 9.47 Å². The lowest BCUT2D eigenvalue weighted by molar-refractivity contribution is 0.102. The number of aryl methyl sites for hydroxylation is 2. The maximum atomic E-state index is 13.2. The molecule has 1 N–H and O–H groups in total. The molecule has 3 rings (SSSR count). The maximum absolute atomic E-state index is 13.2. The van der Waals surface area contributed by atoms with Gasteiger partial charge in [-0.15, -0.1) is 10.2 Å². The molecule has 0 unspecified atom stereocenters. The molecule has 0 saturated heterocycles. The van der Waals surface area contributed by atoms with Crippen LogP contribution in [0, 0.1) is 13.8 Å². The second-order valence-corrected chi connectivity index (χ2v) is 9.87. The van der Waals surface area contributed by atoms with Crippen molar-refractivity contribution in [3.63, 3.8) is 0 Å². The second-order valence-electron chi connectivity index (χ2n) is 6.86. The quantitative estimate of drug-likeness (QED) is 0.494. The Morgan fingerprint density at radius 3 is 2.41 bits per heavy atom. The minimum Gasteiger partial charge on any atom is -0.493 e. The van der Waals surface area contributed by atoms with Crippen molar-refractivity contribution in [1.29, 1.82) is 0 Å². The Bertz CT molecular complexity index is 1240. The molecule has 0 aliphatic rings. The number of hydrogen-bond donors (Lipinski definition) is 1. The monoisotopic (exact) mass is 476 g/mol. The number of aromatic nitrogens is 2. The molecule has 1 heterocycles. The summed E-state index contributed by atoms with van der Waals surface area (Å²) in [5.41, 5.74) is 2.75. The van der Waals surface area contributed by atoms with Crippen molar-refractivity contribution >= 4 is 38.1 Å². The Kier molecular flexibility index (Phi) is 6.99. The predicted molar refractivity (Wildman–Crippen MR) is 124 cm³/mol. The van der Waals surface area contributed by atoms with E-state index in [0.29, 0.717) is 22.7 Å². The van der Waals surface area contributed by atoms with Gasteiger partial charge in [-0.2, -0.15) is 8.42 Å². The number of carbonyl (C=O) groups is 1. The van der Waals surface area contributed by atoms with Gasteiger partial charge in [0.25, 0.3) is 20.3 Å². The van der Waals surface area contributed by atoms with Crippen LogP contribution in [0.5, 0.6) is 11.5 Å². The lowest BCUT2D eigenvalue weighted by Crippen LogP contribution is -2.31. The Hall–Kier alpha value is -3.18. The maximum Gasteiger partial charge on any atom is 0.293 e. The molecule has 2 aromatic carbocycles. The molecule has 1 aromatic heterocycles. The molecule has 0 radical (unpaired) electrons. The molecule has 1 amide bonds. The molecular formula is C21H24N4O5S2. The number of nitrogens with zero attached hydrogens (tertiary/aromatic N) is 3. The highest BCUT2D eigenvalue weighted by Crippen LogP contribution is 2.31. The van der Waals surface area contributed by atoms with Gasteiger partial charge in [0, 0.05) is 12.1 Å². The highest BCUT2D eigenvalue weighted by atomic mass is 32.2. The highest BCUT2D eigenvalue weighted by molar-refractivity contribution is 7.94. The first-order valence-electron chi connectivity index (χ1n) is 9.68. The number of carbonyl (C=O) groups excluding carboxylic acids is 1. The number of nitrogens with one attached hydrogen (secondary N) is 1. The fourth-order valence-electron chi connectivity index (χ4n) is 3.16. The minimum atomic E-state index is -3.95. The average Bonchev–Trinajstić information content (AvgIpc) is 3.24. The van der Waals surface area contributed by atoms with E-state index in [-0.39, 0.29) is 16.0 Å². The van der Waals surface area contributed by atoms with Gasteiger partial charge < -0.3 is 9.47 Å². The highest BCUT2D eigenvalue weighted by Gasteiger charge is 2.29. The van der Waals surface area contributed by atoms with Crippen molar-refractivity contribution in [2.24, 2.45) is 0 Å². The van der Waals surface area contributed by atoms with Gasteiger partial charge in [-0.1, -0.05) is 29.0 Å². The number of ether oxygens (including phenoxy) is 2. The lowest BCUT2D eigenvalue weighted by atomic mass is 10.1. The van der Waals surface area contributed by atoms with Gasteiger partial charge in [0.1, 0.15) is 0 Å². The molecule has 0 saturated carbocycles. The van der Waals surface area contributed by atoms with Crippen LogP contribution in [0.3, 0.4) is 0 Å². The Labute approximate surface area is 191 Å². The lowest BCUT2D eigenvalue weighted by Gasteiger charge is -2.23. The third-order valence-electron chi connectivity index (χ3n) is 4.69. The minimum absolute atomic E-state index is 0.0695. The molecule has 9 nitrogen and oxygen atoms in total. The van der Waals surface area contributed by atoms with Crippen molar-refractivity contribution in [3.8, 4) is 11.5 Å². The zero-order valence-corrected chi connectivity index (χ0v) is 20.0. The Morgan fingerprint density at radius 1 is 1.06 bits per heavy atom. The Morgan fingerprint density at radius 2 is 1.78 bits per heavy atom. The summed E-state index contributed by atoms with van der Waals surface area (Å²) >= 11 is 0.788. The number of methoxy groups -OCH3 is 2. The third-order valence-corrected chi connectivity index (χ3v) is 7.77. The van der Waals surface area contributed by atoms with Gasteiger partial charge in [-0.3, -0.25) is 14.4 Å². The molecule has 11 heteroatoms. The first-order valence-corrected chi connectivity index (χ1v) is 11.9. The van der Waals surface area contributed by atoms with E-state index >= 15 is 0 Å². The number of rotatable bonds is 8. The van der Waals surface area contributed by atoms with E-state index in [1.807, 2.05) is 26.0 Å². The summed E-state index contributed by atoms with van der Waals surface area (Å²) in [6.07, 6.45) is 0. The van der Waals surface area contributed by atoms with E-state index in [9.17, 15) is 13.2 Å². The van der Waals surface area contributed by atoms with Crippen LogP contribution < -0.4 is 19.1 Å². The van der Waals surface area contributed by atoms with Crippen LogP contribution in [-0.4, -0.2) is 45.3 Å². The van der Waals surface area contributed by atoms with Crippen molar-refractivity contribution in [2.45, 2.75) is 25.1 Å². The van der Waals surface area contributed by atoms with Crippen LogP contribution in [0.25, 0.3) is 0 Å². The molecule has 0 aliphatic carbocycles. The van der Waals surface area contributed by atoms with Crippen molar-refractivity contribution in [2.75, 3.05) is 30.4 Å². The van der Waals surface area contributed by atoms with Crippen LogP contribution in [-0.2, 0) is 10.0 Å². The molecule has 0 atom stereocenters. The van der Waals surface area contributed by atoms with E-state index in [2.05, 4.69) is 15.5 Å². The summed E-state index contributed by atoms with van der Waals surface area (Å²) in [7, 11) is -0.981. The van der Waals surface area contributed by atoms with Gasteiger partial charge in [-0.05, 0) is 50.6 Å². The smallest absolute Gasteiger partial charge is 0.293 e. The molecular weight excluding hydrogens is 452 g/mol. The molecule has 0 fully saturated rings. The predicted octanol–water partition coefficient (Wildman–Crippen LogP) is 3.64. The van der Waals surface area contributed by atoms with Crippen LogP contribution >= 0.6 is 11.3 Å². The SMILES string of the molecule is CCN(c1ccc(C)cc1C)S(=O)(=O)c1nnc(NC(=O)c2ccc(OC)c(OC)c2)s1. The standard InChI is InChI=1S/C21H24N4O5S2/c1-6-25(16-9-7-13(2)11-14(16)3)32(27,28)21-24-23-20(31-21)22-19(26)15-8-10-17(29-4)18(12-15)30-5/h7-12H,6H2,1-5H3,(H,22,23,26). The summed E-state index contributed by atoms with van der Waals surface area (Å²) < 4.78 is 37.9. The van der Waals surface area contributed by atoms with Gasteiger partial charge in [0.15, 0.2) is 11.5 Å². The average molecular weight is 477 g/mol. The van der Waals surface area contributed by atoms with E-state index in [1.165, 1.54) is 24.6 Å². The Balaban J connectivity index is 1.84. The van der Waals surface area contributed by atoms with Gasteiger partial charge >= 0.3 is 0 Å². The summed E-state index contributed by atoms with van der Waals surface area (Å²) in [6, 6.07) is 10.2. The second kappa shape index (κ2) is 9.53. The van der Waals surface area contributed by atoms with Gasteiger partial charge in [-0.25, -0.2) is 0 Å². The van der Waals surface area contributed by atoms with E-state index < -0.39 is 15.9 Å². The molecule has 170 valence electrons. The van der Waals surface area contributed by atoms with Crippen LogP contribution in [0.15, 0.2) is 40.7 Å². The largest absolute Gasteiger partial charge is 0.493 e. The summed E-state index contributed by atoms with van der Waals surface area (Å²) in [5, 5.41) is 10.3. The zero-order chi connectivity index (χ0) is 23.5. The van der Waals surface area contributed by atoms with Crippen molar-refractivity contribution in [1.82, 2.24) is 10.2 Å². The molecule has 0 spiro atoms. The molecule has 32 heavy (non-hydrogen) atoms. The third kappa shape index (κ3) is 4.68.